The molecule has 0 bridgehead atoms. The number of halogens is 2. The quantitative estimate of drug-likeness (QED) is 0.0447. The van der Waals surface area contributed by atoms with Crippen LogP contribution in [0.4, 0.5) is 18.4 Å². The van der Waals surface area contributed by atoms with Crippen molar-refractivity contribution in [3.05, 3.63) is 238 Å². The third-order valence-corrected chi connectivity index (χ3v) is 22.5. The first-order chi connectivity index (χ1) is 55.9. The maximum atomic E-state index is 14.9. The predicted octanol–water partition coefficient (Wildman–Crippen LogP) is 11.7. The minimum Gasteiger partial charge on any atom is -0.480 e. The molecule has 8 aromatic carbocycles. The maximum Gasteiger partial charge on any atom is 0.411 e. The summed E-state index contributed by atoms with van der Waals surface area (Å²) in [5.74, 6) is -3.48. The number of carbonyl (C=O) groups excluding carboxylic acids is 9. The third-order valence-electron chi connectivity index (χ3n) is 22.5. The minimum absolute atomic E-state index is 0. The molecule has 0 aromatic heterocycles. The fourth-order valence-electron chi connectivity index (χ4n) is 16.0. The van der Waals surface area contributed by atoms with E-state index in [9.17, 15) is 61.8 Å². The van der Waals surface area contributed by atoms with Gasteiger partial charge in [-0.1, -0.05) is 191 Å². The van der Waals surface area contributed by atoms with Crippen LogP contribution < -0.4 is 21.7 Å². The van der Waals surface area contributed by atoms with Crippen molar-refractivity contribution in [1.82, 2.24) is 45.3 Å². The zero-order chi connectivity index (χ0) is 83.6. The van der Waals surface area contributed by atoms with Gasteiger partial charge in [0.25, 0.3) is 0 Å². The molecule has 0 spiro atoms. The second-order valence-corrected chi connectivity index (χ2v) is 33.4. The fraction of sp³-hybridized carbons (Fsp3) is 0.419. The zero-order valence-electron chi connectivity index (χ0n) is 67.7. The summed E-state index contributed by atoms with van der Waals surface area (Å²) in [6.45, 7) is 11.8. The van der Waals surface area contributed by atoms with Gasteiger partial charge in [0.05, 0.1) is 19.1 Å². The number of hydrogen-bond donors (Lipinski definition) is 5. The van der Waals surface area contributed by atoms with Gasteiger partial charge in [-0.15, -0.1) is 0 Å². The highest BCUT2D eigenvalue weighted by Gasteiger charge is 2.49. The molecule has 4 aliphatic heterocycles. The van der Waals surface area contributed by atoms with Crippen molar-refractivity contribution in [2.75, 3.05) is 40.3 Å². The van der Waals surface area contributed by atoms with E-state index in [1.54, 1.807) is 99.5 Å². The lowest BCUT2D eigenvalue weighted by Gasteiger charge is -2.44. The number of aliphatic carboxylic acids is 1. The molecule has 2 saturated heterocycles. The van der Waals surface area contributed by atoms with Crippen LogP contribution >= 0.6 is 0 Å². The predicted molar refractivity (Wildman–Crippen MR) is 446 cm³/mol. The van der Waals surface area contributed by atoms with Gasteiger partial charge in [-0.2, -0.15) is 0 Å². The Labute approximate surface area is 688 Å². The lowest BCUT2D eigenvalue weighted by atomic mass is 9.93. The summed E-state index contributed by atoms with van der Waals surface area (Å²) < 4.78 is 38.4. The zero-order valence-corrected chi connectivity index (χ0v) is 67.7. The Kier molecular flexibility index (Phi) is 28.2. The molecule has 23 nitrogen and oxygen atoms in total. The summed E-state index contributed by atoms with van der Waals surface area (Å²) in [7, 11) is 3.13. The largest absolute Gasteiger partial charge is 0.480 e. The first kappa shape index (κ1) is 87.2. The Morgan fingerprint density at radius 2 is 0.839 bits per heavy atom. The number of carboxylic acid groups (broad SMARTS) is 1. The van der Waals surface area contributed by atoms with Crippen molar-refractivity contribution in [3.8, 4) is 0 Å². The van der Waals surface area contributed by atoms with Crippen LogP contribution in [-0.4, -0.2) is 194 Å². The normalized spacial score (nSPS) is 18.9. The highest BCUT2D eigenvalue weighted by Crippen LogP contribution is 2.39. The molecule has 8 aromatic rings. The molecule has 14 rings (SSSR count). The number of fused-ring (bicyclic) bond motifs is 4. The van der Waals surface area contributed by atoms with E-state index in [4.69, 9.17) is 15.2 Å². The number of ether oxygens (including phenoxy) is 2. The molecule has 2 aliphatic carbocycles. The molecule has 0 radical (unpaired) electrons. The highest BCUT2D eigenvalue weighted by molar-refractivity contribution is 5.98. The topological polar surface area (TPSA) is 291 Å². The molecule has 2 saturated carbocycles. The molecule has 4 fully saturated rings. The lowest BCUT2D eigenvalue weighted by Crippen LogP contribution is -2.66. The average molecular weight is 1610 g/mol. The molecule has 25 heteroatoms. The summed E-state index contributed by atoms with van der Waals surface area (Å²) in [6, 6.07) is 48.1. The van der Waals surface area contributed by atoms with Crippen molar-refractivity contribution in [3.63, 3.8) is 0 Å². The number of amides is 9. The number of piperazine rings is 2. The molecule has 6 N–H and O–H groups in total. The summed E-state index contributed by atoms with van der Waals surface area (Å²) in [5.41, 5.74) is 11.8. The van der Waals surface area contributed by atoms with Crippen LogP contribution in [0.15, 0.2) is 182 Å². The van der Waals surface area contributed by atoms with Crippen LogP contribution in [0.2, 0.25) is 0 Å². The number of hydrogen-bond acceptors (Lipinski definition) is 13. The van der Waals surface area contributed by atoms with Crippen molar-refractivity contribution >= 4 is 81.1 Å². The second kappa shape index (κ2) is 38.2. The molecular formula is C93H110F2N10O13. The molecule has 624 valence electrons. The van der Waals surface area contributed by atoms with Crippen LogP contribution in [0.3, 0.4) is 0 Å². The van der Waals surface area contributed by atoms with Crippen molar-refractivity contribution in [1.29, 1.82) is 0 Å². The van der Waals surface area contributed by atoms with E-state index in [-0.39, 0.29) is 101 Å². The van der Waals surface area contributed by atoms with Crippen molar-refractivity contribution in [2.24, 2.45) is 17.6 Å². The first-order valence-electron chi connectivity index (χ1n) is 40.4. The summed E-state index contributed by atoms with van der Waals surface area (Å²) in [4.78, 5) is 144. The second-order valence-electron chi connectivity index (χ2n) is 33.4. The number of likely N-dealkylation sites (N-methyl/N-ethyl adjacent to an activating group) is 2. The standard InChI is InChI=1S/C46H52FN5O6.C31H35FN4O3.C15H19NO4.CH4/c1-46(2,3)58-45(57)52-28-35-12-8-7-11-34(35)27-39(52)42(54)49-37(24-29-16-19-36(47)20-17-29)43(55)51-22-21-50(44(56)40(51)25-30-13-14-30)38(41(53)48-4)26-31-15-18-32-9-5-6-10-33(32)23-31;1-34-29(37)27(19-22-8-11-23-4-2-3-5-24(23)16-22)35-14-15-36(28(31(35)39)18-21-6-7-21)30(38)26(33)17-20-9-12-25(32)13-10-20;1-15(2,3)20-14(19)16-9-11-7-5-4-6-10(11)8-12(16)13(17)18;/h5-12,15-20,23,30,37-40H,13-14,21-22,24-28H2,1-4H3,(H,48,53)(H,49,54);2-5,8-13,16,21,26-28H,6-7,14-15,17-19,33H2,1H3,(H,34,37);4-7,12H,8-9H2,1-3H3,(H,17,18);1H4/t37-,38+,39?,40+;26-,27+,28+;;/m11../s1. The van der Waals surface area contributed by atoms with Gasteiger partial charge in [-0.3, -0.25) is 43.4 Å². The van der Waals surface area contributed by atoms with E-state index < -0.39 is 95.3 Å². The highest BCUT2D eigenvalue weighted by atomic mass is 19.1. The Balaban J connectivity index is 0.000000195. The maximum absolute atomic E-state index is 14.9. The van der Waals surface area contributed by atoms with Crippen molar-refractivity contribution in [2.45, 2.75) is 199 Å². The number of carboxylic acids is 1. The summed E-state index contributed by atoms with van der Waals surface area (Å²) >= 11 is 0. The van der Waals surface area contributed by atoms with Gasteiger partial charge in [-0.25, -0.2) is 23.2 Å². The summed E-state index contributed by atoms with van der Waals surface area (Å²) in [5, 5.41) is 22.1. The minimum atomic E-state index is -1.15. The van der Waals surface area contributed by atoms with Crippen LogP contribution in [0, 0.1) is 23.5 Å². The SMILES string of the molecule is C.CC(C)(C)OC(=O)N1Cc2ccccc2CC1C(=O)O.CNC(=O)[C@H](Cc1ccc2ccccc2c1)N1CCN(C(=O)[C@@H](Cc2ccc(F)cc2)NC(=O)C2Cc3ccccc3CN2C(=O)OC(C)(C)C)[C@@H](CC2CC2)C1=O.CNC(=O)[C@H](Cc1ccc2ccccc2c1)N1CCN(C(=O)[C@H](N)Cc2ccc(F)cc2)[C@@H](CC2CC2)C1=O. The van der Waals surface area contributed by atoms with Gasteiger partial charge in [0.1, 0.15) is 65.1 Å². The Bertz CT molecular complexity index is 4970. The van der Waals surface area contributed by atoms with Gasteiger partial charge in [0.15, 0.2) is 0 Å². The number of nitrogens with one attached hydrogen (secondary N) is 3. The fourth-order valence-corrected chi connectivity index (χ4v) is 16.0. The number of rotatable bonds is 21. The Hall–Kier alpha value is -11.6. The van der Waals surface area contributed by atoms with E-state index in [1.807, 2.05) is 127 Å². The van der Waals surface area contributed by atoms with E-state index in [1.165, 1.54) is 34.1 Å². The van der Waals surface area contributed by atoms with Gasteiger partial charge >= 0.3 is 18.2 Å². The molecule has 118 heavy (non-hydrogen) atoms. The van der Waals surface area contributed by atoms with Crippen LogP contribution in [-0.2, 0) is 99.4 Å². The number of carbonyl (C=O) groups is 10. The van der Waals surface area contributed by atoms with Gasteiger partial charge in [0, 0.05) is 72.4 Å². The van der Waals surface area contributed by atoms with Crippen molar-refractivity contribution < 1.29 is 71.3 Å². The van der Waals surface area contributed by atoms with Gasteiger partial charge in [-0.05, 0) is 163 Å². The molecule has 2 unspecified atom stereocenters. The number of nitrogens with two attached hydrogens (primary N) is 1. The van der Waals surface area contributed by atoms with Crippen LogP contribution in [0.1, 0.15) is 132 Å². The van der Waals surface area contributed by atoms with Gasteiger partial charge < -0.3 is 55.9 Å². The Morgan fingerprint density at radius 3 is 1.25 bits per heavy atom. The molecule has 9 amide bonds. The van der Waals surface area contributed by atoms with E-state index in [0.717, 1.165) is 86.2 Å². The van der Waals surface area contributed by atoms with Crippen LogP contribution in [0.5, 0.6) is 0 Å². The van der Waals surface area contributed by atoms with E-state index in [2.05, 4.69) is 22.0 Å². The molecule has 6 aliphatic rings. The smallest absolute Gasteiger partial charge is 0.411 e. The number of nitrogens with zero attached hydrogens (tertiary/aromatic N) is 6. The van der Waals surface area contributed by atoms with Crippen LogP contribution in [0.25, 0.3) is 21.5 Å². The molecule has 8 atom stereocenters. The Morgan fingerprint density at radius 1 is 0.466 bits per heavy atom. The summed E-state index contributed by atoms with van der Waals surface area (Å²) in [6.07, 6.45) is 5.16. The van der Waals surface area contributed by atoms with Gasteiger partial charge in [0.2, 0.25) is 41.4 Å². The first-order valence-corrected chi connectivity index (χ1v) is 40.4. The molecular weight excluding hydrogens is 1500 g/mol. The lowest BCUT2D eigenvalue weighted by molar-refractivity contribution is -0.157. The number of benzene rings is 8. The van der Waals surface area contributed by atoms with E-state index in [0.29, 0.717) is 50.1 Å². The van der Waals surface area contributed by atoms with E-state index >= 15 is 0 Å². The monoisotopic (exact) mass is 1610 g/mol. The molecule has 4 heterocycles. The third kappa shape index (κ3) is 22.2. The average Bonchev–Trinajstić information content (AvgIpc) is 1.54.